The fraction of sp³-hybridized carbons (Fsp3) is 0.138. The first-order valence-electron chi connectivity index (χ1n) is 11.7. The third kappa shape index (κ3) is 4.15. The average Bonchev–Trinajstić information content (AvgIpc) is 3.22. The Bertz CT molecular complexity index is 1790. The summed E-state index contributed by atoms with van der Waals surface area (Å²) in [6.45, 7) is 0. The molecule has 2 heterocycles. The fourth-order valence-electron chi connectivity index (χ4n) is 5.01. The first kappa shape index (κ1) is 23.9. The molecule has 0 radical (unpaired) electrons. The van der Waals surface area contributed by atoms with Crippen LogP contribution in [0.4, 0.5) is 0 Å². The van der Waals surface area contributed by atoms with Crippen LogP contribution >= 0.6 is 34.5 Å². The highest BCUT2D eigenvalue weighted by Gasteiger charge is 2.33. The lowest BCUT2D eigenvalue weighted by Crippen LogP contribution is -2.38. The molecule has 0 bridgehead atoms. The third-order valence-corrected chi connectivity index (χ3v) is 8.30. The molecule has 6 rings (SSSR count). The van der Waals surface area contributed by atoms with Crippen molar-refractivity contribution >= 4 is 52.3 Å². The number of nitrogens with zero attached hydrogens (tertiary/aromatic N) is 2. The Morgan fingerprint density at radius 1 is 1.08 bits per heavy atom. The van der Waals surface area contributed by atoms with Crippen molar-refractivity contribution < 1.29 is 9.53 Å². The van der Waals surface area contributed by atoms with Gasteiger partial charge in [-0.25, -0.2) is 9.79 Å². The van der Waals surface area contributed by atoms with Crippen molar-refractivity contribution in [2.45, 2.75) is 18.9 Å². The summed E-state index contributed by atoms with van der Waals surface area (Å²) in [5, 5.41) is 1.05. The van der Waals surface area contributed by atoms with Crippen LogP contribution < -0.4 is 14.9 Å². The molecule has 1 aliphatic heterocycles. The molecule has 0 saturated carbocycles. The number of thiazole rings is 1. The van der Waals surface area contributed by atoms with Gasteiger partial charge in [0.2, 0.25) is 0 Å². The van der Waals surface area contributed by atoms with Crippen LogP contribution in [-0.2, 0) is 11.2 Å². The molecule has 0 unspecified atom stereocenters. The number of allylic oxidation sites excluding steroid dienone is 1. The van der Waals surface area contributed by atoms with Gasteiger partial charge in [-0.1, -0.05) is 77.0 Å². The lowest BCUT2D eigenvalue weighted by Gasteiger charge is -2.31. The molecule has 0 spiro atoms. The molecular weight excluding hydrogens is 527 g/mol. The highest BCUT2D eigenvalue weighted by molar-refractivity contribution is 7.07. The smallest absolute Gasteiger partial charge is 0.337 e. The normalized spacial score (nSPS) is 16.5. The maximum absolute atomic E-state index is 13.8. The van der Waals surface area contributed by atoms with Crippen molar-refractivity contribution in [3.8, 4) is 0 Å². The lowest BCUT2D eigenvalue weighted by molar-refractivity contribution is 0.0600. The SMILES string of the molecule is COC(=O)c1ccc(/C=c2\sc3n(c2=O)[C@@H](c2ccc(Cl)cc2Cl)C2=C(N=3)c3ccccc3CC2)cc1. The van der Waals surface area contributed by atoms with Crippen molar-refractivity contribution in [2.24, 2.45) is 4.99 Å². The number of hydrogen-bond acceptors (Lipinski definition) is 5. The number of halogens is 2. The Morgan fingerprint density at radius 2 is 1.86 bits per heavy atom. The summed E-state index contributed by atoms with van der Waals surface area (Å²) >= 11 is 14.3. The number of methoxy groups -OCH3 is 1. The molecule has 0 fully saturated rings. The van der Waals surface area contributed by atoms with Gasteiger partial charge in [0.25, 0.3) is 5.56 Å². The van der Waals surface area contributed by atoms with E-state index in [1.807, 2.05) is 24.3 Å². The van der Waals surface area contributed by atoms with E-state index in [1.165, 1.54) is 24.0 Å². The number of aryl methyl sites for hydroxylation is 1. The summed E-state index contributed by atoms with van der Waals surface area (Å²) in [4.78, 5) is 31.3. The minimum atomic E-state index is -0.406. The van der Waals surface area contributed by atoms with Crippen LogP contribution in [0.1, 0.15) is 45.1 Å². The van der Waals surface area contributed by atoms with Crippen molar-refractivity contribution in [3.63, 3.8) is 0 Å². The van der Waals surface area contributed by atoms with Gasteiger partial charge in [0.05, 0.1) is 28.9 Å². The van der Waals surface area contributed by atoms with E-state index in [0.717, 1.165) is 40.8 Å². The Kier molecular flexibility index (Phi) is 6.11. The molecule has 0 amide bonds. The van der Waals surface area contributed by atoms with Gasteiger partial charge in [0.15, 0.2) is 4.80 Å². The molecule has 4 aromatic rings. The Morgan fingerprint density at radius 3 is 2.62 bits per heavy atom. The maximum Gasteiger partial charge on any atom is 0.337 e. The van der Waals surface area contributed by atoms with Crippen molar-refractivity contribution in [1.29, 1.82) is 0 Å². The standard InChI is InChI=1S/C29H20Cl2N2O3S/c1-36-28(35)18-8-6-16(7-9-18)14-24-27(34)33-26(21-13-11-19(30)15-23(21)31)22-12-10-17-4-2-3-5-20(17)25(22)32-29(33)37-24/h2-9,11,13-15,26H,10,12H2,1H3/b24-14-/t26-/m0/s1. The molecule has 1 atom stereocenters. The number of esters is 1. The zero-order valence-corrected chi connectivity index (χ0v) is 22.0. The zero-order valence-electron chi connectivity index (χ0n) is 19.7. The van der Waals surface area contributed by atoms with Crippen LogP contribution in [0, 0.1) is 0 Å². The number of carbonyl (C=O) groups is 1. The van der Waals surface area contributed by atoms with Crippen LogP contribution in [0.2, 0.25) is 10.0 Å². The number of ether oxygens (including phenoxy) is 1. The van der Waals surface area contributed by atoms with Gasteiger partial charge in [-0.3, -0.25) is 9.36 Å². The molecule has 5 nitrogen and oxygen atoms in total. The predicted molar refractivity (Wildman–Crippen MR) is 147 cm³/mol. The van der Waals surface area contributed by atoms with E-state index in [-0.39, 0.29) is 11.6 Å². The molecule has 0 saturated heterocycles. The van der Waals surface area contributed by atoms with Gasteiger partial charge >= 0.3 is 5.97 Å². The molecule has 2 aliphatic rings. The number of carbonyl (C=O) groups excluding carboxylic acids is 1. The second-order valence-corrected chi connectivity index (χ2v) is 10.7. The lowest BCUT2D eigenvalue weighted by atomic mass is 9.83. The minimum Gasteiger partial charge on any atom is -0.465 e. The summed E-state index contributed by atoms with van der Waals surface area (Å²) in [6, 6.07) is 20.3. The Labute approximate surface area is 226 Å². The van der Waals surface area contributed by atoms with E-state index in [2.05, 4.69) is 12.1 Å². The Hall–Kier alpha value is -3.45. The van der Waals surface area contributed by atoms with Gasteiger partial charge in [-0.05, 0) is 65.4 Å². The molecule has 1 aliphatic carbocycles. The summed E-state index contributed by atoms with van der Waals surface area (Å²) in [6.07, 6.45) is 3.46. The largest absolute Gasteiger partial charge is 0.465 e. The third-order valence-electron chi connectivity index (χ3n) is 6.76. The molecule has 37 heavy (non-hydrogen) atoms. The molecule has 1 aromatic heterocycles. The van der Waals surface area contributed by atoms with Gasteiger partial charge in [0, 0.05) is 15.6 Å². The van der Waals surface area contributed by atoms with Gasteiger partial charge < -0.3 is 4.74 Å². The summed E-state index contributed by atoms with van der Waals surface area (Å²) < 4.78 is 7.07. The van der Waals surface area contributed by atoms with Crippen LogP contribution in [-0.4, -0.2) is 17.6 Å². The fourth-order valence-corrected chi connectivity index (χ4v) is 6.52. The van der Waals surface area contributed by atoms with Crippen LogP contribution in [0.15, 0.2) is 82.1 Å². The van der Waals surface area contributed by atoms with Crippen LogP contribution in [0.3, 0.4) is 0 Å². The summed E-state index contributed by atoms with van der Waals surface area (Å²) in [7, 11) is 1.35. The van der Waals surface area contributed by atoms with Crippen LogP contribution in [0.25, 0.3) is 11.8 Å². The monoisotopic (exact) mass is 546 g/mol. The van der Waals surface area contributed by atoms with Gasteiger partial charge in [-0.2, -0.15) is 0 Å². The molecular formula is C29H20Cl2N2O3S. The minimum absolute atomic E-state index is 0.137. The van der Waals surface area contributed by atoms with E-state index < -0.39 is 5.97 Å². The summed E-state index contributed by atoms with van der Waals surface area (Å²) in [5.41, 5.74) is 6.26. The molecule has 0 N–H and O–H groups in total. The number of fused-ring (bicyclic) bond motifs is 3. The van der Waals surface area contributed by atoms with E-state index >= 15 is 0 Å². The topological polar surface area (TPSA) is 60.7 Å². The first-order chi connectivity index (χ1) is 17.9. The predicted octanol–water partition coefficient (Wildman–Crippen LogP) is 5.41. The number of aromatic nitrogens is 1. The van der Waals surface area contributed by atoms with E-state index in [9.17, 15) is 9.59 Å². The number of benzene rings is 3. The number of rotatable bonds is 3. The highest BCUT2D eigenvalue weighted by atomic mass is 35.5. The maximum atomic E-state index is 13.8. The van der Waals surface area contributed by atoms with Crippen molar-refractivity contribution in [3.05, 3.63) is 130 Å². The second kappa shape index (κ2) is 9.45. The first-order valence-corrected chi connectivity index (χ1v) is 13.3. The van der Waals surface area contributed by atoms with E-state index in [1.54, 1.807) is 41.0 Å². The zero-order chi connectivity index (χ0) is 25.7. The molecule has 184 valence electrons. The van der Waals surface area contributed by atoms with E-state index in [4.69, 9.17) is 32.9 Å². The molecule has 8 heteroatoms. The van der Waals surface area contributed by atoms with Crippen molar-refractivity contribution in [1.82, 2.24) is 4.57 Å². The average molecular weight is 547 g/mol. The second-order valence-electron chi connectivity index (χ2n) is 8.89. The van der Waals surface area contributed by atoms with Crippen LogP contribution in [0.5, 0.6) is 0 Å². The number of hydrogen-bond donors (Lipinski definition) is 0. The Balaban J connectivity index is 1.57. The van der Waals surface area contributed by atoms with Gasteiger partial charge in [-0.15, -0.1) is 0 Å². The highest BCUT2D eigenvalue weighted by Crippen LogP contribution is 2.43. The summed E-state index contributed by atoms with van der Waals surface area (Å²) in [5.74, 6) is -0.406. The van der Waals surface area contributed by atoms with Crippen molar-refractivity contribution in [2.75, 3.05) is 7.11 Å². The molecule has 3 aromatic carbocycles. The quantitative estimate of drug-likeness (QED) is 0.322. The van der Waals surface area contributed by atoms with Gasteiger partial charge in [0.1, 0.15) is 0 Å². The van der Waals surface area contributed by atoms with E-state index in [0.29, 0.717) is 24.9 Å².